The first-order valence-electron chi connectivity index (χ1n) is 5.38. The lowest BCUT2D eigenvalue weighted by Gasteiger charge is -2.08. The first kappa shape index (κ1) is 13.4. The van der Waals surface area contributed by atoms with Crippen LogP contribution >= 0.6 is 11.9 Å². The van der Waals surface area contributed by atoms with Crippen molar-refractivity contribution in [2.24, 2.45) is 7.05 Å². The Morgan fingerprint density at radius 2 is 1.95 bits per heavy atom. The third-order valence-corrected chi connectivity index (χ3v) is 3.47. The van der Waals surface area contributed by atoms with Crippen LogP contribution in [0.4, 0.5) is 4.39 Å². The summed E-state index contributed by atoms with van der Waals surface area (Å²) in [4.78, 5) is 12.6. The molecule has 1 aromatic carbocycles. The summed E-state index contributed by atoms with van der Waals surface area (Å²) < 4.78 is 20.6. The van der Waals surface area contributed by atoms with Crippen LogP contribution in [0.5, 0.6) is 5.75 Å². The largest absolute Gasteiger partial charge is 0.497 e. The van der Waals surface area contributed by atoms with Crippen LogP contribution in [-0.4, -0.2) is 15.6 Å². The average Bonchev–Trinajstić information content (AvgIpc) is 2.43. The van der Waals surface area contributed by atoms with E-state index in [0.29, 0.717) is 5.75 Å². The fourth-order valence-corrected chi connectivity index (χ4v) is 2.27. The first-order valence-corrected chi connectivity index (χ1v) is 6.15. The second-order valence-corrected chi connectivity index (χ2v) is 4.81. The fraction of sp³-hybridized carbons (Fsp3) is 0.167. The number of ether oxygens (including phenoxy) is 1. The van der Waals surface area contributed by atoms with Crippen molar-refractivity contribution in [1.29, 1.82) is 5.41 Å². The Morgan fingerprint density at radius 1 is 1.32 bits per heavy atom. The van der Waals surface area contributed by atoms with Gasteiger partial charge in [-0.1, -0.05) is 0 Å². The van der Waals surface area contributed by atoms with Crippen molar-refractivity contribution in [2.75, 3.05) is 7.11 Å². The number of nitrogens with one attached hydrogen (secondary N) is 1. The molecule has 1 heterocycles. The smallest absolute Gasteiger partial charge is 0.340 e. The summed E-state index contributed by atoms with van der Waals surface area (Å²) in [6.45, 7) is 0. The number of nitrogens with zero attached hydrogens (tertiary/aromatic N) is 2. The molecule has 7 heteroatoms. The predicted molar refractivity (Wildman–Crippen MR) is 69.7 cm³/mol. The van der Waals surface area contributed by atoms with Crippen LogP contribution in [0, 0.1) is 11.2 Å². The van der Waals surface area contributed by atoms with Gasteiger partial charge in [-0.2, -0.15) is 0 Å². The molecule has 0 aliphatic carbocycles. The molecule has 19 heavy (non-hydrogen) atoms. The Morgan fingerprint density at radius 3 is 2.53 bits per heavy atom. The molecule has 0 bridgehead atoms. The predicted octanol–water partition coefficient (Wildman–Crippen LogP) is 1.37. The van der Waals surface area contributed by atoms with Gasteiger partial charge in [0.25, 0.3) is 0 Å². The summed E-state index contributed by atoms with van der Waals surface area (Å²) >= 11 is 1.07. The normalized spacial score (nSPS) is 10.5. The van der Waals surface area contributed by atoms with Crippen molar-refractivity contribution < 1.29 is 9.13 Å². The second kappa shape index (κ2) is 5.31. The van der Waals surface area contributed by atoms with Crippen molar-refractivity contribution in [1.82, 2.24) is 8.54 Å². The molecular weight excluding hydrogens is 269 g/mol. The standard InChI is InChI=1S/C12H12FN3O2S/c1-15-11(14)10(13)7-16(12(15)17)19-9-5-3-8(18-2)4-6-9/h3-7,14H,1-2H3. The topological polar surface area (TPSA) is 60.0 Å². The third kappa shape index (κ3) is 2.70. The van der Waals surface area contributed by atoms with Gasteiger partial charge in [0.1, 0.15) is 5.75 Å². The van der Waals surface area contributed by atoms with Gasteiger partial charge < -0.3 is 4.74 Å². The van der Waals surface area contributed by atoms with E-state index in [1.54, 1.807) is 31.4 Å². The first-order chi connectivity index (χ1) is 9.02. The molecule has 0 aliphatic rings. The van der Waals surface area contributed by atoms with Crippen LogP contribution in [0.2, 0.25) is 0 Å². The Kier molecular flexibility index (Phi) is 3.75. The molecule has 0 saturated carbocycles. The quantitative estimate of drug-likeness (QED) is 0.924. The highest BCUT2D eigenvalue weighted by molar-refractivity contribution is 7.97. The van der Waals surface area contributed by atoms with Gasteiger partial charge in [0.05, 0.1) is 13.3 Å². The molecule has 0 saturated heterocycles. The Labute approximate surface area is 112 Å². The highest BCUT2D eigenvalue weighted by atomic mass is 32.2. The van der Waals surface area contributed by atoms with Gasteiger partial charge in [-0.25, -0.2) is 13.2 Å². The van der Waals surface area contributed by atoms with Gasteiger partial charge in [-0.05, 0) is 36.2 Å². The van der Waals surface area contributed by atoms with E-state index in [9.17, 15) is 9.18 Å². The minimum atomic E-state index is -0.747. The van der Waals surface area contributed by atoms with E-state index in [4.69, 9.17) is 10.1 Å². The van der Waals surface area contributed by atoms with Crippen molar-refractivity contribution in [3.05, 3.63) is 52.3 Å². The molecule has 0 amide bonds. The van der Waals surface area contributed by atoms with Crippen LogP contribution in [0.3, 0.4) is 0 Å². The zero-order valence-electron chi connectivity index (χ0n) is 10.4. The number of aromatic nitrogens is 2. The molecule has 0 unspecified atom stereocenters. The van der Waals surface area contributed by atoms with E-state index in [1.165, 1.54) is 7.05 Å². The van der Waals surface area contributed by atoms with Gasteiger partial charge in [-0.15, -0.1) is 0 Å². The molecule has 0 fully saturated rings. The molecule has 0 atom stereocenters. The van der Waals surface area contributed by atoms with E-state index in [2.05, 4.69) is 0 Å². The lowest BCUT2D eigenvalue weighted by Crippen LogP contribution is -2.37. The fourth-order valence-electron chi connectivity index (χ4n) is 1.44. The molecule has 1 aromatic heterocycles. The third-order valence-electron chi connectivity index (χ3n) is 2.53. The van der Waals surface area contributed by atoms with E-state index in [1.807, 2.05) is 0 Å². The molecule has 1 N–H and O–H groups in total. The molecule has 2 rings (SSSR count). The lowest BCUT2D eigenvalue weighted by atomic mass is 10.3. The molecule has 0 aliphatic heterocycles. The van der Waals surface area contributed by atoms with Crippen LogP contribution in [0.1, 0.15) is 0 Å². The van der Waals surface area contributed by atoms with Gasteiger partial charge in [0.2, 0.25) is 0 Å². The summed E-state index contributed by atoms with van der Waals surface area (Å²) in [5, 5.41) is 7.36. The lowest BCUT2D eigenvalue weighted by molar-refractivity contribution is 0.414. The maximum Gasteiger partial charge on any atom is 0.340 e. The molecule has 0 radical (unpaired) electrons. The van der Waals surface area contributed by atoms with Gasteiger partial charge >= 0.3 is 5.69 Å². The SMILES string of the molecule is COc1ccc(Sn2cc(F)c(=N)n(C)c2=O)cc1. The number of halogens is 1. The van der Waals surface area contributed by atoms with Gasteiger partial charge in [0, 0.05) is 11.9 Å². The second-order valence-electron chi connectivity index (χ2n) is 3.76. The summed E-state index contributed by atoms with van der Waals surface area (Å²) in [6, 6.07) is 7.04. The molecule has 5 nitrogen and oxygen atoms in total. The monoisotopic (exact) mass is 281 g/mol. The van der Waals surface area contributed by atoms with Crippen LogP contribution in [0.25, 0.3) is 0 Å². The summed E-state index contributed by atoms with van der Waals surface area (Å²) in [6.07, 6.45) is 1.01. The van der Waals surface area contributed by atoms with Crippen LogP contribution in [-0.2, 0) is 7.05 Å². The number of methoxy groups -OCH3 is 1. The van der Waals surface area contributed by atoms with Crippen molar-refractivity contribution >= 4 is 11.9 Å². The highest BCUT2D eigenvalue weighted by Crippen LogP contribution is 2.21. The Balaban J connectivity index is 2.38. The van der Waals surface area contributed by atoms with E-state index in [-0.39, 0.29) is 0 Å². The van der Waals surface area contributed by atoms with Crippen LogP contribution in [0.15, 0.2) is 40.2 Å². The summed E-state index contributed by atoms with van der Waals surface area (Å²) in [5.41, 5.74) is -0.899. The van der Waals surface area contributed by atoms with E-state index < -0.39 is 17.0 Å². The Bertz CT molecular complexity index is 706. The number of hydrogen-bond acceptors (Lipinski definition) is 4. The molecule has 0 spiro atoms. The van der Waals surface area contributed by atoms with E-state index >= 15 is 0 Å². The number of benzene rings is 1. The summed E-state index contributed by atoms with van der Waals surface area (Å²) in [5.74, 6) is -0.0435. The molecular formula is C12H12FN3O2S. The van der Waals surface area contributed by atoms with Crippen molar-refractivity contribution in [2.45, 2.75) is 4.90 Å². The molecule has 100 valence electrons. The molecule has 2 aromatic rings. The maximum absolute atomic E-state index is 13.4. The van der Waals surface area contributed by atoms with Crippen LogP contribution < -0.4 is 15.9 Å². The summed E-state index contributed by atoms with van der Waals surface area (Å²) in [7, 11) is 2.92. The zero-order valence-corrected chi connectivity index (χ0v) is 11.2. The van der Waals surface area contributed by atoms with Crippen molar-refractivity contribution in [3.63, 3.8) is 0 Å². The average molecular weight is 281 g/mol. The van der Waals surface area contributed by atoms with E-state index in [0.717, 1.165) is 31.6 Å². The minimum Gasteiger partial charge on any atom is -0.497 e. The number of rotatable bonds is 3. The Hall–Kier alpha value is -2.02. The van der Waals surface area contributed by atoms with Crippen molar-refractivity contribution in [3.8, 4) is 5.75 Å². The number of hydrogen-bond donors (Lipinski definition) is 1. The zero-order chi connectivity index (χ0) is 14.0. The highest BCUT2D eigenvalue weighted by Gasteiger charge is 2.07. The minimum absolute atomic E-state index is 0.434. The van der Waals surface area contributed by atoms with Gasteiger partial charge in [-0.3, -0.25) is 9.98 Å². The maximum atomic E-state index is 13.4. The van der Waals surface area contributed by atoms with Gasteiger partial charge in [0.15, 0.2) is 11.3 Å².